The molecule has 0 aliphatic rings. The van der Waals surface area contributed by atoms with Crippen molar-refractivity contribution in [3.05, 3.63) is 83.1 Å². The number of methoxy groups -OCH3 is 1. The summed E-state index contributed by atoms with van der Waals surface area (Å²) in [6, 6.07) is 11.4. The second-order valence-electron chi connectivity index (χ2n) is 7.35. The molecule has 0 radical (unpaired) electrons. The predicted molar refractivity (Wildman–Crippen MR) is 117 cm³/mol. The number of alkyl halides is 3. The van der Waals surface area contributed by atoms with Crippen molar-refractivity contribution in [1.82, 2.24) is 5.32 Å². The summed E-state index contributed by atoms with van der Waals surface area (Å²) in [6.07, 6.45) is -0.937. The molecule has 5 nitrogen and oxygen atoms in total. The van der Waals surface area contributed by atoms with Crippen LogP contribution in [0.1, 0.15) is 25.0 Å². The largest absolute Gasteiger partial charge is 0.457 e. The van der Waals surface area contributed by atoms with Gasteiger partial charge in [0.1, 0.15) is 11.5 Å². The third-order valence-corrected chi connectivity index (χ3v) is 4.44. The summed E-state index contributed by atoms with van der Waals surface area (Å²) < 4.78 is 49.3. The minimum absolute atomic E-state index is 0.0697. The van der Waals surface area contributed by atoms with Crippen molar-refractivity contribution in [1.29, 1.82) is 0 Å². The summed E-state index contributed by atoms with van der Waals surface area (Å²) in [5.74, 6) is 0.206. The average Bonchev–Trinajstić information content (AvgIpc) is 2.72. The molecule has 0 bridgehead atoms. The molecular formula is C24H27F3N2O3. The van der Waals surface area contributed by atoms with Gasteiger partial charge < -0.3 is 20.5 Å². The number of rotatable bonds is 9. The fourth-order valence-corrected chi connectivity index (χ4v) is 2.83. The van der Waals surface area contributed by atoms with Crippen molar-refractivity contribution in [2.24, 2.45) is 11.7 Å². The van der Waals surface area contributed by atoms with E-state index < -0.39 is 11.7 Å². The lowest BCUT2D eigenvalue weighted by atomic mass is 10.1. The maximum atomic E-state index is 12.9. The van der Waals surface area contributed by atoms with E-state index in [1.54, 1.807) is 44.4 Å². The highest BCUT2D eigenvalue weighted by Crippen LogP contribution is 2.32. The number of ether oxygens (including phenoxy) is 2. The Bertz CT molecular complexity index is 980. The Morgan fingerprint density at radius 2 is 1.81 bits per heavy atom. The van der Waals surface area contributed by atoms with Crippen molar-refractivity contribution in [3.8, 4) is 11.5 Å². The SMILES string of the molecule is COCC(C)/C=C\C(C(=O)NCc1cccc(Oc2cccc(C(F)(F)F)c2)c1)=C(/C)N. The summed E-state index contributed by atoms with van der Waals surface area (Å²) in [5.41, 5.74) is 6.51. The lowest BCUT2D eigenvalue weighted by molar-refractivity contribution is -0.137. The van der Waals surface area contributed by atoms with Gasteiger partial charge in [-0.15, -0.1) is 0 Å². The molecule has 2 aromatic carbocycles. The zero-order chi connectivity index (χ0) is 23.7. The van der Waals surface area contributed by atoms with Crippen LogP contribution in [0.4, 0.5) is 13.2 Å². The van der Waals surface area contributed by atoms with Gasteiger partial charge in [0.2, 0.25) is 0 Å². The van der Waals surface area contributed by atoms with Gasteiger partial charge in [0.05, 0.1) is 17.7 Å². The quantitative estimate of drug-likeness (QED) is 0.409. The van der Waals surface area contributed by atoms with Gasteiger partial charge >= 0.3 is 6.18 Å². The lowest BCUT2D eigenvalue weighted by Crippen LogP contribution is -2.25. The molecule has 2 aromatic rings. The number of benzene rings is 2. The van der Waals surface area contributed by atoms with Crippen LogP contribution in [0.3, 0.4) is 0 Å². The Hall–Kier alpha value is -3.26. The van der Waals surface area contributed by atoms with Crippen molar-refractivity contribution >= 4 is 5.91 Å². The van der Waals surface area contributed by atoms with Crippen LogP contribution in [0, 0.1) is 5.92 Å². The van der Waals surface area contributed by atoms with Crippen molar-refractivity contribution in [2.75, 3.05) is 13.7 Å². The molecule has 0 spiro atoms. The molecule has 3 N–H and O–H groups in total. The number of carbonyl (C=O) groups excluding carboxylic acids is 1. The normalized spacial score (nSPS) is 13.6. The topological polar surface area (TPSA) is 73.6 Å². The van der Waals surface area contributed by atoms with Crippen LogP contribution in [-0.2, 0) is 22.3 Å². The molecule has 0 saturated heterocycles. The second kappa shape index (κ2) is 11.4. The van der Waals surface area contributed by atoms with E-state index in [1.807, 2.05) is 13.0 Å². The monoisotopic (exact) mass is 448 g/mol. The fourth-order valence-electron chi connectivity index (χ4n) is 2.83. The van der Waals surface area contributed by atoms with E-state index in [-0.39, 0.29) is 24.1 Å². The second-order valence-corrected chi connectivity index (χ2v) is 7.35. The van der Waals surface area contributed by atoms with E-state index in [9.17, 15) is 18.0 Å². The van der Waals surface area contributed by atoms with Gasteiger partial charge in [-0.3, -0.25) is 4.79 Å². The Balaban J connectivity index is 2.05. The van der Waals surface area contributed by atoms with Crippen molar-refractivity contribution in [3.63, 3.8) is 0 Å². The summed E-state index contributed by atoms with van der Waals surface area (Å²) in [5, 5.41) is 2.79. The fraction of sp³-hybridized carbons (Fsp3) is 0.292. The third-order valence-electron chi connectivity index (χ3n) is 4.44. The number of hydrogen-bond donors (Lipinski definition) is 2. The average molecular weight is 448 g/mol. The van der Waals surface area contributed by atoms with Crippen LogP contribution in [0.5, 0.6) is 11.5 Å². The van der Waals surface area contributed by atoms with Gasteiger partial charge in [0.15, 0.2) is 0 Å². The van der Waals surface area contributed by atoms with Crippen LogP contribution in [0.2, 0.25) is 0 Å². The Labute approximate surface area is 185 Å². The van der Waals surface area contributed by atoms with Crippen molar-refractivity contribution in [2.45, 2.75) is 26.6 Å². The standard InChI is InChI=1S/C24H27F3N2O3/c1-16(15-31-3)10-11-22(17(2)28)23(30)29-14-18-6-4-8-20(12-18)32-21-9-5-7-19(13-21)24(25,26)27/h4-13,16H,14-15,28H2,1-3H3,(H,29,30)/b11-10-,22-17-. The molecule has 1 atom stereocenters. The van der Waals surface area contributed by atoms with Gasteiger partial charge in [-0.05, 0) is 48.7 Å². The first-order valence-electron chi connectivity index (χ1n) is 9.96. The molecule has 32 heavy (non-hydrogen) atoms. The van der Waals surface area contributed by atoms with E-state index in [0.717, 1.165) is 12.1 Å². The van der Waals surface area contributed by atoms with Crippen LogP contribution in [-0.4, -0.2) is 19.6 Å². The number of nitrogens with one attached hydrogen (secondary N) is 1. The van der Waals surface area contributed by atoms with Gasteiger partial charge in [-0.25, -0.2) is 0 Å². The maximum absolute atomic E-state index is 12.9. The molecule has 172 valence electrons. The molecule has 1 amide bonds. The number of nitrogens with two attached hydrogens (primary N) is 1. The zero-order valence-corrected chi connectivity index (χ0v) is 18.2. The van der Waals surface area contributed by atoms with Crippen LogP contribution < -0.4 is 15.8 Å². The molecular weight excluding hydrogens is 421 g/mol. The molecule has 0 fully saturated rings. The van der Waals surface area contributed by atoms with E-state index in [4.69, 9.17) is 15.2 Å². The lowest BCUT2D eigenvalue weighted by Gasteiger charge is -2.12. The molecule has 2 rings (SSSR count). The number of carbonyl (C=O) groups is 1. The van der Waals surface area contributed by atoms with E-state index >= 15 is 0 Å². The smallest absolute Gasteiger partial charge is 0.416 e. The Morgan fingerprint density at radius 1 is 1.16 bits per heavy atom. The molecule has 0 saturated carbocycles. The van der Waals surface area contributed by atoms with E-state index in [0.29, 0.717) is 29.2 Å². The van der Waals surface area contributed by atoms with Gasteiger partial charge in [0, 0.05) is 19.4 Å². The van der Waals surface area contributed by atoms with Gasteiger partial charge in [-0.2, -0.15) is 13.2 Å². The number of hydrogen-bond acceptors (Lipinski definition) is 4. The molecule has 0 heterocycles. The summed E-state index contributed by atoms with van der Waals surface area (Å²) in [6.45, 7) is 4.31. The maximum Gasteiger partial charge on any atom is 0.416 e. The highest BCUT2D eigenvalue weighted by Gasteiger charge is 2.30. The summed E-state index contributed by atoms with van der Waals surface area (Å²) in [7, 11) is 1.60. The number of halogens is 3. The van der Waals surface area contributed by atoms with Crippen LogP contribution >= 0.6 is 0 Å². The highest BCUT2D eigenvalue weighted by atomic mass is 19.4. The zero-order valence-electron chi connectivity index (χ0n) is 18.2. The Morgan fingerprint density at radius 3 is 2.44 bits per heavy atom. The molecule has 0 aromatic heterocycles. The third kappa shape index (κ3) is 7.77. The van der Waals surface area contributed by atoms with E-state index in [1.165, 1.54) is 12.1 Å². The van der Waals surface area contributed by atoms with E-state index in [2.05, 4.69) is 5.32 Å². The summed E-state index contributed by atoms with van der Waals surface area (Å²) >= 11 is 0. The first-order valence-corrected chi connectivity index (χ1v) is 9.96. The molecule has 8 heteroatoms. The first-order chi connectivity index (χ1) is 15.1. The molecule has 0 aliphatic heterocycles. The minimum Gasteiger partial charge on any atom is -0.457 e. The number of amides is 1. The predicted octanol–water partition coefficient (Wildman–Crippen LogP) is 5.19. The first kappa shape index (κ1) is 25.0. The highest BCUT2D eigenvalue weighted by molar-refractivity contribution is 5.96. The molecule has 1 unspecified atom stereocenters. The summed E-state index contributed by atoms with van der Waals surface area (Å²) in [4.78, 5) is 12.6. The van der Waals surface area contributed by atoms with Gasteiger partial charge in [0.25, 0.3) is 5.91 Å². The minimum atomic E-state index is -4.45. The molecule has 0 aliphatic carbocycles. The number of allylic oxidation sites excluding steroid dienone is 1. The van der Waals surface area contributed by atoms with Gasteiger partial charge in [-0.1, -0.05) is 37.3 Å². The van der Waals surface area contributed by atoms with Crippen LogP contribution in [0.15, 0.2) is 72.0 Å². The van der Waals surface area contributed by atoms with Crippen molar-refractivity contribution < 1.29 is 27.4 Å². The van der Waals surface area contributed by atoms with Crippen LogP contribution in [0.25, 0.3) is 0 Å². The Kier molecular flexibility index (Phi) is 8.90.